The lowest BCUT2D eigenvalue weighted by Gasteiger charge is -2.39. The molecule has 44 heavy (non-hydrogen) atoms. The first-order chi connectivity index (χ1) is 20.8. The summed E-state index contributed by atoms with van der Waals surface area (Å²) in [5.74, 6) is -0.607. The highest BCUT2D eigenvalue weighted by molar-refractivity contribution is 6.31. The van der Waals surface area contributed by atoms with Gasteiger partial charge in [-0.25, -0.2) is 19.2 Å². The number of hydrogen-bond acceptors (Lipinski definition) is 6. The Morgan fingerprint density at radius 3 is 2.73 bits per heavy atom. The highest BCUT2D eigenvalue weighted by Gasteiger charge is 2.69. The third-order valence-electron chi connectivity index (χ3n) is 9.63. The van der Waals surface area contributed by atoms with E-state index in [1.807, 2.05) is 12.1 Å². The SMILES string of the molecule is C.CCOC(=O)c1ccc2c(c1)nc1n2CC[C@H]2[C@@H]1[C@H](c1cccc(Cl)c1F)[C@]1(C(=O)Nc3nc(Cl)ccc31)N2CC1CC1. The number of halogens is 3. The maximum absolute atomic E-state index is 16.2. The Kier molecular flexibility index (Phi) is 6.99. The summed E-state index contributed by atoms with van der Waals surface area (Å²) < 4.78 is 23.6. The lowest BCUT2D eigenvalue weighted by atomic mass is 9.70. The van der Waals surface area contributed by atoms with Gasteiger partial charge in [-0.2, -0.15) is 0 Å². The molecule has 4 atom stereocenters. The summed E-state index contributed by atoms with van der Waals surface area (Å²) in [7, 11) is 0. The lowest BCUT2D eigenvalue weighted by Crippen LogP contribution is -2.53. The summed E-state index contributed by atoms with van der Waals surface area (Å²) in [4.78, 5) is 38.9. The van der Waals surface area contributed by atoms with Crippen LogP contribution in [0.4, 0.5) is 10.2 Å². The number of nitrogens with zero attached hydrogens (tertiary/aromatic N) is 4. The van der Waals surface area contributed by atoms with Gasteiger partial charge in [0.15, 0.2) is 0 Å². The van der Waals surface area contributed by atoms with Crippen molar-refractivity contribution in [2.24, 2.45) is 5.92 Å². The van der Waals surface area contributed by atoms with E-state index in [4.69, 9.17) is 32.9 Å². The van der Waals surface area contributed by atoms with E-state index in [2.05, 4.69) is 19.8 Å². The van der Waals surface area contributed by atoms with Crippen LogP contribution in [0.15, 0.2) is 48.5 Å². The van der Waals surface area contributed by atoms with Crippen LogP contribution in [0.1, 0.15) is 72.8 Å². The number of rotatable bonds is 5. The van der Waals surface area contributed by atoms with Gasteiger partial charge in [-0.1, -0.05) is 42.8 Å². The van der Waals surface area contributed by atoms with Crippen LogP contribution in [0, 0.1) is 11.7 Å². The molecule has 11 heteroatoms. The molecule has 8 rings (SSSR count). The van der Waals surface area contributed by atoms with E-state index in [1.165, 1.54) is 6.07 Å². The highest BCUT2D eigenvalue weighted by Crippen LogP contribution is 2.64. The first-order valence-corrected chi connectivity index (χ1v) is 15.4. The van der Waals surface area contributed by atoms with Gasteiger partial charge in [0, 0.05) is 36.5 Å². The molecule has 8 nitrogen and oxygen atoms in total. The van der Waals surface area contributed by atoms with E-state index in [1.54, 1.807) is 37.3 Å². The van der Waals surface area contributed by atoms with Crippen molar-refractivity contribution in [1.29, 1.82) is 0 Å². The van der Waals surface area contributed by atoms with Crippen molar-refractivity contribution < 1.29 is 18.7 Å². The number of carbonyl (C=O) groups is 2. The fourth-order valence-corrected chi connectivity index (χ4v) is 8.14. The minimum atomic E-state index is -1.25. The number of anilines is 1. The monoisotopic (exact) mass is 635 g/mol. The number of amides is 1. The molecule has 1 saturated carbocycles. The average molecular weight is 637 g/mol. The standard InChI is InChI=1S/C32H28Cl2FN5O3.CH4/c1-2-43-30(41)17-8-10-22-21(14-17)36-29-25-23(12-13-39(22)29)40(15-16-6-7-16)32(26(25)18-4-3-5-20(33)27(18)35)19-9-11-24(34)37-28(19)38-31(32)42;/h3-5,8-11,14,16,23,25-26H,2,6-7,12-13,15H2,1H3,(H,37,38,42);1H4/t23-,25+,26-,32+;/m0./s1. The number of benzene rings is 2. The molecule has 0 unspecified atom stereocenters. The third kappa shape index (κ3) is 4.05. The number of carbonyl (C=O) groups excluding carboxylic acids is 2. The fourth-order valence-electron chi connectivity index (χ4n) is 7.81. The molecule has 1 N–H and O–H groups in total. The van der Waals surface area contributed by atoms with Gasteiger partial charge in [-0.3, -0.25) is 9.69 Å². The molecule has 0 bridgehead atoms. The van der Waals surface area contributed by atoms with E-state index < -0.39 is 23.2 Å². The van der Waals surface area contributed by atoms with Crippen molar-refractivity contribution in [2.75, 3.05) is 18.5 Å². The van der Waals surface area contributed by atoms with Gasteiger partial charge < -0.3 is 14.6 Å². The number of esters is 1. The van der Waals surface area contributed by atoms with Gasteiger partial charge in [0.05, 0.1) is 28.2 Å². The van der Waals surface area contributed by atoms with Crippen LogP contribution in [0.5, 0.6) is 0 Å². The summed E-state index contributed by atoms with van der Waals surface area (Å²) in [6, 6.07) is 13.8. The molecular weight excluding hydrogens is 604 g/mol. The van der Waals surface area contributed by atoms with Crippen molar-refractivity contribution in [3.8, 4) is 0 Å². The van der Waals surface area contributed by atoms with Crippen LogP contribution in [-0.2, 0) is 21.6 Å². The van der Waals surface area contributed by atoms with Crippen molar-refractivity contribution in [2.45, 2.75) is 63.6 Å². The van der Waals surface area contributed by atoms with Crippen molar-refractivity contribution in [3.05, 3.63) is 87.0 Å². The summed E-state index contributed by atoms with van der Waals surface area (Å²) in [5, 5.41) is 3.28. The fraction of sp³-hybridized carbons (Fsp3) is 0.394. The maximum Gasteiger partial charge on any atom is 0.338 e. The third-order valence-corrected chi connectivity index (χ3v) is 10.1. The number of fused-ring (bicyclic) bond motifs is 7. The Labute approximate surface area is 264 Å². The minimum Gasteiger partial charge on any atom is -0.462 e. The van der Waals surface area contributed by atoms with Gasteiger partial charge in [0.2, 0.25) is 0 Å². The molecule has 1 aliphatic carbocycles. The van der Waals surface area contributed by atoms with Crippen LogP contribution in [0.25, 0.3) is 11.0 Å². The van der Waals surface area contributed by atoms with E-state index in [9.17, 15) is 9.59 Å². The number of ether oxygens (including phenoxy) is 1. The molecule has 1 amide bonds. The largest absolute Gasteiger partial charge is 0.462 e. The number of nitrogens with one attached hydrogen (secondary N) is 1. The van der Waals surface area contributed by atoms with Crippen molar-refractivity contribution in [1.82, 2.24) is 19.4 Å². The lowest BCUT2D eigenvalue weighted by molar-refractivity contribution is -0.128. The van der Waals surface area contributed by atoms with E-state index >= 15 is 4.39 Å². The quantitative estimate of drug-likeness (QED) is 0.189. The zero-order chi connectivity index (χ0) is 29.6. The highest BCUT2D eigenvalue weighted by atomic mass is 35.5. The van der Waals surface area contributed by atoms with Gasteiger partial charge in [0.1, 0.15) is 28.2 Å². The Balaban J connectivity index is 0.00000312. The zero-order valence-corrected chi connectivity index (χ0v) is 24.8. The van der Waals surface area contributed by atoms with Gasteiger partial charge >= 0.3 is 5.97 Å². The Bertz CT molecular complexity index is 1840. The first kappa shape index (κ1) is 29.2. The first-order valence-electron chi connectivity index (χ1n) is 14.7. The van der Waals surface area contributed by atoms with Crippen LogP contribution in [-0.4, -0.2) is 50.5 Å². The molecule has 2 fully saturated rings. The minimum absolute atomic E-state index is 0. The van der Waals surface area contributed by atoms with Crippen molar-refractivity contribution in [3.63, 3.8) is 0 Å². The van der Waals surface area contributed by atoms with Crippen LogP contribution in [0.3, 0.4) is 0 Å². The van der Waals surface area contributed by atoms with Crippen molar-refractivity contribution >= 4 is 51.9 Å². The molecule has 2 aromatic carbocycles. The average Bonchev–Trinajstić information content (AvgIpc) is 3.58. The predicted molar refractivity (Wildman–Crippen MR) is 167 cm³/mol. The van der Waals surface area contributed by atoms with Gasteiger partial charge in [0.25, 0.3) is 5.91 Å². The zero-order valence-electron chi connectivity index (χ0n) is 23.3. The summed E-state index contributed by atoms with van der Waals surface area (Å²) in [6.07, 6.45) is 2.91. The molecule has 2 aromatic heterocycles. The molecule has 1 saturated heterocycles. The van der Waals surface area contributed by atoms with E-state index in [0.29, 0.717) is 47.0 Å². The molecule has 3 aliphatic heterocycles. The normalized spacial score (nSPS) is 25.4. The van der Waals surface area contributed by atoms with Gasteiger partial charge in [-0.15, -0.1) is 0 Å². The Morgan fingerprint density at radius 1 is 1.14 bits per heavy atom. The number of aryl methyl sites for hydroxylation is 1. The Hall–Kier alpha value is -3.53. The number of imidazole rings is 1. The molecule has 228 valence electrons. The van der Waals surface area contributed by atoms with E-state index in [0.717, 1.165) is 30.6 Å². The summed E-state index contributed by atoms with van der Waals surface area (Å²) >= 11 is 12.7. The smallest absolute Gasteiger partial charge is 0.338 e. The molecule has 0 radical (unpaired) electrons. The van der Waals surface area contributed by atoms with Crippen LogP contribution < -0.4 is 5.32 Å². The van der Waals surface area contributed by atoms with Gasteiger partial charge in [-0.05, 0) is 74.1 Å². The number of hydrogen-bond donors (Lipinski definition) is 1. The molecule has 5 heterocycles. The second-order valence-electron chi connectivity index (χ2n) is 11.9. The number of pyridine rings is 1. The number of aromatic nitrogens is 3. The summed E-state index contributed by atoms with van der Waals surface area (Å²) in [5.41, 5.74) is 1.76. The van der Waals surface area contributed by atoms with E-state index in [-0.39, 0.29) is 42.1 Å². The topological polar surface area (TPSA) is 89.3 Å². The van der Waals surface area contributed by atoms with Crippen LogP contribution in [0.2, 0.25) is 10.2 Å². The molecule has 1 spiro atoms. The molecular formula is C33H32Cl2FN5O3. The second-order valence-corrected chi connectivity index (χ2v) is 12.7. The Morgan fingerprint density at radius 2 is 1.95 bits per heavy atom. The van der Waals surface area contributed by atoms with Crippen LogP contribution >= 0.6 is 23.2 Å². The summed E-state index contributed by atoms with van der Waals surface area (Å²) in [6.45, 7) is 3.41. The molecule has 4 aliphatic rings. The maximum atomic E-state index is 16.2. The second kappa shape index (κ2) is 10.5. The number of likely N-dealkylation sites (tertiary alicyclic amines) is 1. The molecule has 4 aromatic rings. The predicted octanol–water partition coefficient (Wildman–Crippen LogP) is 6.90.